The minimum absolute atomic E-state index is 0.00305. The highest BCUT2D eigenvalue weighted by molar-refractivity contribution is 5.84. The van der Waals surface area contributed by atoms with Gasteiger partial charge in [-0.15, -0.1) is 0 Å². The van der Waals surface area contributed by atoms with Crippen LogP contribution in [0.25, 0.3) is 34.0 Å². The molecule has 5 aromatic rings. The van der Waals surface area contributed by atoms with Crippen molar-refractivity contribution in [3.05, 3.63) is 114 Å². The van der Waals surface area contributed by atoms with Crippen molar-refractivity contribution in [2.24, 2.45) is 5.92 Å². The smallest absolute Gasteiger partial charge is 0.323 e. The number of methoxy groups -OCH3 is 1. The van der Waals surface area contributed by atoms with Gasteiger partial charge in [-0.25, -0.2) is 0 Å². The molecular formula is C39H38N4O6. The lowest BCUT2D eigenvalue weighted by Crippen LogP contribution is -2.45. The third-order valence-corrected chi connectivity index (χ3v) is 8.88. The Morgan fingerprint density at radius 3 is 2.00 bits per heavy atom. The van der Waals surface area contributed by atoms with E-state index in [9.17, 15) is 19.5 Å². The Morgan fingerprint density at radius 2 is 1.39 bits per heavy atom. The summed E-state index contributed by atoms with van der Waals surface area (Å²) in [5.74, 6) is -0.0870. The van der Waals surface area contributed by atoms with Crippen molar-refractivity contribution in [3.8, 4) is 39.7 Å². The highest BCUT2D eigenvalue weighted by Gasteiger charge is 2.31. The van der Waals surface area contributed by atoms with E-state index >= 15 is 0 Å². The predicted molar refractivity (Wildman–Crippen MR) is 184 cm³/mol. The topological polar surface area (TPSA) is 126 Å². The van der Waals surface area contributed by atoms with Crippen molar-refractivity contribution in [2.45, 2.75) is 32.7 Å². The second kappa shape index (κ2) is 15.0. The van der Waals surface area contributed by atoms with E-state index in [0.29, 0.717) is 37.6 Å². The molecule has 0 radical (unpaired) electrons. The Bertz CT molecular complexity index is 1890. The molecule has 49 heavy (non-hydrogen) atoms. The minimum atomic E-state index is -1.08. The maximum Gasteiger partial charge on any atom is 0.323 e. The Kier molecular flexibility index (Phi) is 10.1. The number of nitrogens with zero attached hydrogens (tertiary/aromatic N) is 4. The SMILES string of the molecule is COc1ccc(CC(=O)N2CCC(C(=O)N(CC(=O)O)Cc3ccc(-c4noc(-c5ccc(-c6ccc(C)cc6)cc5)n4)cc3)CC2)cc1. The summed E-state index contributed by atoms with van der Waals surface area (Å²) in [6.45, 7) is 2.70. The van der Waals surface area contributed by atoms with Crippen LogP contribution in [0.2, 0.25) is 0 Å². The van der Waals surface area contributed by atoms with Gasteiger partial charge in [0.1, 0.15) is 12.3 Å². The molecule has 0 bridgehead atoms. The van der Waals surface area contributed by atoms with Gasteiger partial charge in [0.2, 0.25) is 17.6 Å². The van der Waals surface area contributed by atoms with Crippen LogP contribution in [0.15, 0.2) is 102 Å². The standard InChI is InChI=1S/C39H38N4O6/c1-26-3-9-29(10-4-26)30-13-15-32(16-14-30)38-40-37(41-49-38)31-11-5-28(6-12-31)24-43(25-36(45)46)39(47)33-19-21-42(22-20-33)35(44)23-27-7-17-34(48-2)18-8-27/h3-18,33H,19-25H2,1-2H3,(H,45,46). The fourth-order valence-electron chi connectivity index (χ4n) is 6.03. The number of benzene rings is 4. The van der Waals surface area contributed by atoms with Crippen LogP contribution in [0, 0.1) is 12.8 Å². The number of carbonyl (C=O) groups excluding carboxylic acids is 2. The van der Waals surface area contributed by atoms with Gasteiger partial charge in [0.25, 0.3) is 5.89 Å². The molecule has 4 aromatic carbocycles. The van der Waals surface area contributed by atoms with Gasteiger partial charge in [-0.1, -0.05) is 83.5 Å². The van der Waals surface area contributed by atoms with Crippen LogP contribution < -0.4 is 4.74 Å². The summed E-state index contributed by atoms with van der Waals surface area (Å²) in [7, 11) is 1.60. The molecule has 0 spiro atoms. The number of likely N-dealkylation sites (tertiary alicyclic amines) is 1. The molecule has 0 saturated carbocycles. The van der Waals surface area contributed by atoms with Gasteiger partial charge < -0.3 is 24.2 Å². The number of carboxylic acid groups (broad SMARTS) is 1. The predicted octanol–water partition coefficient (Wildman–Crippen LogP) is 6.28. The fourth-order valence-corrected chi connectivity index (χ4v) is 6.03. The molecule has 1 N–H and O–H groups in total. The van der Waals surface area contributed by atoms with Crippen molar-refractivity contribution in [1.82, 2.24) is 19.9 Å². The third kappa shape index (κ3) is 8.21. The first kappa shape index (κ1) is 33.1. The maximum absolute atomic E-state index is 13.5. The second-order valence-electron chi connectivity index (χ2n) is 12.3. The molecule has 2 amide bonds. The zero-order valence-electron chi connectivity index (χ0n) is 27.5. The van der Waals surface area contributed by atoms with Crippen LogP contribution in [0.1, 0.15) is 29.5 Å². The Morgan fingerprint density at radius 1 is 0.816 bits per heavy atom. The van der Waals surface area contributed by atoms with Crippen molar-refractivity contribution in [3.63, 3.8) is 0 Å². The summed E-state index contributed by atoms with van der Waals surface area (Å²) in [4.78, 5) is 45.9. The van der Waals surface area contributed by atoms with Gasteiger partial charge in [-0.05, 0) is 66.3 Å². The van der Waals surface area contributed by atoms with Gasteiger partial charge in [-0.3, -0.25) is 14.4 Å². The molecule has 10 nitrogen and oxygen atoms in total. The van der Waals surface area contributed by atoms with Crippen LogP contribution >= 0.6 is 0 Å². The number of piperidine rings is 1. The van der Waals surface area contributed by atoms with E-state index in [1.165, 1.54) is 10.5 Å². The molecule has 1 aliphatic rings. The number of hydrogen-bond acceptors (Lipinski definition) is 7. The maximum atomic E-state index is 13.5. The van der Waals surface area contributed by atoms with Crippen molar-refractivity contribution in [1.29, 1.82) is 0 Å². The number of aromatic nitrogens is 2. The fraction of sp³-hybridized carbons (Fsp3) is 0.256. The van der Waals surface area contributed by atoms with Crippen LogP contribution in [0.3, 0.4) is 0 Å². The van der Waals surface area contributed by atoms with Gasteiger partial charge in [0.05, 0.1) is 13.5 Å². The first-order valence-corrected chi connectivity index (χ1v) is 16.3. The zero-order valence-corrected chi connectivity index (χ0v) is 27.5. The minimum Gasteiger partial charge on any atom is -0.497 e. The lowest BCUT2D eigenvalue weighted by molar-refractivity contribution is -0.148. The number of aliphatic carboxylic acids is 1. The Balaban J connectivity index is 1.05. The molecule has 1 aliphatic heterocycles. The normalized spacial score (nSPS) is 13.2. The number of carbonyl (C=O) groups is 3. The lowest BCUT2D eigenvalue weighted by atomic mass is 9.94. The quantitative estimate of drug-likeness (QED) is 0.176. The van der Waals surface area contributed by atoms with Crippen molar-refractivity contribution >= 4 is 17.8 Å². The largest absolute Gasteiger partial charge is 0.497 e. The number of hydrogen-bond donors (Lipinski definition) is 1. The molecular weight excluding hydrogens is 620 g/mol. The first-order valence-electron chi connectivity index (χ1n) is 16.3. The van der Waals surface area contributed by atoms with E-state index in [2.05, 4.69) is 41.3 Å². The molecule has 1 aromatic heterocycles. The number of aryl methyl sites for hydroxylation is 1. The lowest BCUT2D eigenvalue weighted by Gasteiger charge is -2.34. The molecule has 10 heteroatoms. The summed E-state index contributed by atoms with van der Waals surface area (Å²) >= 11 is 0. The van der Waals surface area contributed by atoms with Crippen LogP contribution in [-0.2, 0) is 27.3 Å². The number of carboxylic acids is 1. The summed E-state index contributed by atoms with van der Waals surface area (Å²) in [5, 5.41) is 13.7. The molecule has 0 atom stereocenters. The number of amides is 2. The van der Waals surface area contributed by atoms with Gasteiger partial charge in [0.15, 0.2) is 0 Å². The van der Waals surface area contributed by atoms with Crippen molar-refractivity contribution < 1.29 is 28.8 Å². The van der Waals surface area contributed by atoms with E-state index in [-0.39, 0.29) is 30.7 Å². The average Bonchev–Trinajstić information content (AvgIpc) is 3.62. The van der Waals surface area contributed by atoms with E-state index in [0.717, 1.165) is 39.1 Å². The molecule has 2 heterocycles. The Hall–Kier alpha value is -5.77. The highest BCUT2D eigenvalue weighted by atomic mass is 16.5. The van der Waals surface area contributed by atoms with E-state index in [4.69, 9.17) is 9.26 Å². The monoisotopic (exact) mass is 658 g/mol. The second-order valence-corrected chi connectivity index (χ2v) is 12.3. The van der Waals surface area contributed by atoms with E-state index in [1.807, 2.05) is 72.8 Å². The Labute approximate surface area is 284 Å². The van der Waals surface area contributed by atoms with Crippen molar-refractivity contribution in [2.75, 3.05) is 26.7 Å². The van der Waals surface area contributed by atoms with Crippen LogP contribution in [0.5, 0.6) is 5.75 Å². The molecule has 0 aliphatic carbocycles. The summed E-state index contributed by atoms with van der Waals surface area (Å²) < 4.78 is 10.7. The molecule has 1 saturated heterocycles. The number of ether oxygens (including phenoxy) is 1. The highest BCUT2D eigenvalue weighted by Crippen LogP contribution is 2.27. The van der Waals surface area contributed by atoms with E-state index in [1.54, 1.807) is 12.0 Å². The average molecular weight is 659 g/mol. The number of rotatable bonds is 11. The molecule has 1 fully saturated rings. The first-order chi connectivity index (χ1) is 23.7. The zero-order chi connectivity index (χ0) is 34.3. The molecule has 0 unspecified atom stereocenters. The molecule has 6 rings (SSSR count). The third-order valence-electron chi connectivity index (χ3n) is 8.88. The summed E-state index contributed by atoms with van der Waals surface area (Å²) in [6.07, 6.45) is 1.24. The van der Waals surface area contributed by atoms with Gasteiger partial charge >= 0.3 is 5.97 Å². The van der Waals surface area contributed by atoms with E-state index < -0.39 is 12.5 Å². The van der Waals surface area contributed by atoms with Gasteiger partial charge in [-0.2, -0.15) is 4.98 Å². The van der Waals surface area contributed by atoms with Crippen LogP contribution in [0.4, 0.5) is 0 Å². The van der Waals surface area contributed by atoms with Gasteiger partial charge in [0, 0.05) is 36.7 Å². The summed E-state index contributed by atoms with van der Waals surface area (Å²) in [6, 6.07) is 31.0. The van der Waals surface area contributed by atoms with Crippen LogP contribution in [-0.4, -0.2) is 69.6 Å². The summed E-state index contributed by atoms with van der Waals surface area (Å²) in [5.41, 5.74) is 6.65. The molecule has 250 valence electrons.